The molecule has 0 aromatic rings. The third-order valence-corrected chi connectivity index (χ3v) is 330. The maximum absolute atomic E-state index is 13.4. The minimum absolute atomic E-state index is 0.956. The van der Waals surface area contributed by atoms with Gasteiger partial charge in [-0.05, 0) is 52.4 Å². The average Bonchev–Trinajstić information content (AvgIpc) is 0.637. The lowest BCUT2D eigenvalue weighted by Gasteiger charge is -2.71. The van der Waals surface area contributed by atoms with Crippen molar-refractivity contribution < 1.29 is 186 Å². The Hall–Kier alpha value is 7.47. The molecule has 0 heterocycles. The highest BCUT2D eigenvalue weighted by molar-refractivity contribution is 8.24. The van der Waals surface area contributed by atoms with Gasteiger partial charge in [0.05, 0.1) is 0 Å². The highest BCUT2D eigenvalue weighted by Gasteiger charge is 3.02. The SMILES string of the molecule is CO[Si](C)(C)[Si](O[Si]O)([Si]O)[Si](O[Si](O[Si]O)([Si]O)[SiH](C)O)([Si](O[Si]O)([Si]O)[Si]O)[Si](O[Si](C)(C)O[Si](C)(C)C)(O[Si](O[Si](O[Si])([Si]O)[Si]O)([Si](O[Si]O)([Si]O)[Si]O)[Si](O[Si]O)([Si]O)[Si]O)[Si](O[Si](O[Si]O)([Si]O)[Si]O)([Si](O[Si]O)([Si]O)[Si]O)[Si](O[Si]O)([Si]O)[Si]O. The van der Waals surface area contributed by atoms with E-state index in [1.807, 2.05) is 0 Å². The molecule has 5 atom stereocenters. The zero-order chi connectivity index (χ0) is 71.9. The second-order valence-corrected chi connectivity index (χ2v) is 196. The van der Waals surface area contributed by atoms with Gasteiger partial charge in [-0.3, -0.25) is 0 Å². The van der Waals surface area contributed by atoms with E-state index in [0.717, 1.165) is 26.8 Å². The van der Waals surface area contributed by atoms with Gasteiger partial charge in [0.2, 0.25) is 156 Å². The van der Waals surface area contributed by atoms with Crippen LogP contribution < -0.4 is 0 Å². The Morgan fingerprint density at radius 2 is 0.652 bits per heavy atom. The standard InChI is InChI=1S/C9H53O41Si42/c1-35-79(8,9)90(75-33,44-59-17)92(89(73-31,74-32)43-58-16,49-82(64-22,38-53-11)76(2)34)84(46-78(6,7)45-77(3,4)5,50-83(47-80(36-51,60-18)61-19,85(65-23,66-24)39-54-12)86(67-25,68-26)40-55-13)91(87(69-27,70-28)41-56-14,88(71-29,72-30)42-57-15)48-81(62-20,63-21)37-52-10/h10-34,76H,1-9H3. The number of hydrogen-bond donors (Lipinski definition) is 25. The van der Waals surface area contributed by atoms with Gasteiger partial charge in [0.25, 0.3) is 73.9 Å². The van der Waals surface area contributed by atoms with Crippen LogP contribution in [-0.4, -0.2) is 492 Å². The molecule has 0 aromatic heterocycles. The molecular weight excluding hydrogens is 1940 g/mol. The molecule has 25 N–H and O–H groups in total. The lowest BCUT2D eigenvalue weighted by atomic mass is 11.8. The zero-order valence-electron chi connectivity index (χ0n) is 47.8. The average molecular weight is 2000 g/mol. The van der Waals surface area contributed by atoms with Crippen molar-refractivity contribution in [3.05, 3.63) is 0 Å². The first kappa shape index (κ1) is 99.5. The molecule has 0 saturated carbocycles. The van der Waals surface area contributed by atoms with Gasteiger partial charge in [0.1, 0.15) is 0 Å². The first-order chi connectivity index (χ1) is 43.0. The van der Waals surface area contributed by atoms with Crippen molar-refractivity contribution in [1.82, 2.24) is 0 Å². The zero-order valence-corrected chi connectivity index (χ0v) is 89.9. The quantitative estimate of drug-likeness (QED) is 0.0251. The summed E-state index contributed by atoms with van der Waals surface area (Å²) >= 11 is 0. The molecule has 0 amide bonds. The summed E-state index contributed by atoms with van der Waals surface area (Å²) < 4.78 is 109. The third-order valence-electron chi connectivity index (χ3n) is 12.1. The molecule has 503 valence electrons. The number of hydrogen-bond acceptors (Lipinski definition) is 41. The van der Waals surface area contributed by atoms with E-state index in [2.05, 4.69) is 10.5 Å². The molecule has 83 heteroatoms. The summed E-state index contributed by atoms with van der Waals surface area (Å²) in [5.74, 6) is 0. The Morgan fingerprint density at radius 3 is 0.913 bits per heavy atom. The van der Waals surface area contributed by atoms with Gasteiger partial charge in [0.15, 0.2) is 8.32 Å². The van der Waals surface area contributed by atoms with E-state index < -0.39 is 355 Å². The molecule has 51 radical (unpaired) electrons. The maximum Gasteiger partial charge on any atom is 0.420 e. The van der Waals surface area contributed by atoms with Gasteiger partial charge >= 0.3 is 127 Å². The Kier molecular flexibility index (Phi) is 47.1. The molecule has 0 aliphatic rings. The molecule has 0 spiro atoms. The lowest BCUT2D eigenvalue weighted by Crippen LogP contribution is -3.15. The van der Waals surface area contributed by atoms with Gasteiger partial charge in [-0.1, -0.05) is 0 Å². The van der Waals surface area contributed by atoms with Crippen LogP contribution in [0.1, 0.15) is 0 Å². The molecule has 5 unspecified atom stereocenters. The van der Waals surface area contributed by atoms with Crippen LogP contribution in [0.2, 0.25) is 52.4 Å². The van der Waals surface area contributed by atoms with Crippen molar-refractivity contribution in [2.24, 2.45) is 0 Å². The van der Waals surface area contributed by atoms with Gasteiger partial charge in [0, 0.05) is 7.11 Å². The topological polar surface area (TPSA) is 653 Å². The number of rotatable bonds is 56. The second kappa shape index (κ2) is 43.6. The highest BCUT2D eigenvalue weighted by atomic mass is 30.5. The first-order valence-electron chi connectivity index (χ1n) is 23.0. The van der Waals surface area contributed by atoms with Crippen LogP contribution in [0.25, 0.3) is 0 Å². The summed E-state index contributed by atoms with van der Waals surface area (Å²) in [4.78, 5) is 307. The molecule has 0 aliphatic carbocycles. The van der Waals surface area contributed by atoms with Gasteiger partial charge in [-0.25, -0.2) is 0 Å². The fourth-order valence-corrected chi connectivity index (χ4v) is 546. The maximum atomic E-state index is 13.4. The Bertz CT molecular complexity index is 1990. The summed E-state index contributed by atoms with van der Waals surface area (Å²) in [6.07, 6.45) is 0. The Morgan fingerprint density at radius 1 is 0.315 bits per heavy atom. The van der Waals surface area contributed by atoms with E-state index in [-0.39, 0.29) is 0 Å². The lowest BCUT2D eigenvalue weighted by molar-refractivity contribution is 0.296. The third kappa shape index (κ3) is 19.4. The largest absolute Gasteiger partial charge is 0.439 e. The summed E-state index contributed by atoms with van der Waals surface area (Å²) in [6.45, 7) is -43.5. The molecular formula is C9H53O41Si42. The smallest absolute Gasteiger partial charge is 0.420 e. The van der Waals surface area contributed by atoms with Crippen molar-refractivity contribution in [1.29, 1.82) is 0 Å². The molecule has 0 fully saturated rings. The van der Waals surface area contributed by atoms with Gasteiger partial charge in [-0.15, -0.1) is 0 Å². The predicted octanol–water partition coefficient (Wildman–Crippen LogP) is -26.4. The van der Waals surface area contributed by atoms with Crippen molar-refractivity contribution in [3.63, 3.8) is 0 Å². The minimum atomic E-state index is -8.15. The van der Waals surface area contributed by atoms with Crippen LogP contribution in [-0.2, 0) is 66.2 Å². The van der Waals surface area contributed by atoms with Gasteiger partial charge in [-0.2, -0.15) is 0 Å². The molecule has 0 bridgehead atoms. The molecule has 41 nitrogen and oxygen atoms in total. The van der Waals surface area contributed by atoms with Crippen LogP contribution in [0.15, 0.2) is 0 Å². The van der Waals surface area contributed by atoms with Crippen molar-refractivity contribution in [2.45, 2.75) is 52.4 Å². The minimum Gasteiger partial charge on any atom is -0.439 e. The molecule has 92 heavy (non-hydrogen) atoms. The van der Waals surface area contributed by atoms with Crippen LogP contribution in [0.3, 0.4) is 0 Å². The Labute approximate surface area is 604 Å². The van der Waals surface area contributed by atoms with Gasteiger partial charge < -0.3 is 186 Å². The monoisotopic (exact) mass is 1990 g/mol. The fraction of sp³-hybridized carbons (Fsp3) is 1.00. The summed E-state index contributed by atoms with van der Waals surface area (Å²) in [6, 6.07) is 0. The summed E-state index contributed by atoms with van der Waals surface area (Å²) in [7, 11) is -100. The van der Waals surface area contributed by atoms with Crippen LogP contribution in [0, 0.1) is 0 Å². The molecule has 0 aromatic carbocycles. The predicted molar refractivity (Wildman–Crippen MR) is 369 cm³/mol. The van der Waals surface area contributed by atoms with E-state index in [1.54, 1.807) is 0 Å². The van der Waals surface area contributed by atoms with Crippen molar-refractivity contribution in [2.75, 3.05) is 7.11 Å². The van der Waals surface area contributed by atoms with E-state index >= 15 is 0 Å². The molecule has 0 saturated heterocycles. The Balaban J connectivity index is 14.8. The summed E-state index contributed by atoms with van der Waals surface area (Å²) in [5, 5.41) is 0. The van der Waals surface area contributed by atoms with E-state index in [9.17, 15) is 120 Å². The van der Waals surface area contributed by atoms with Crippen molar-refractivity contribution >= 4 is 365 Å². The van der Waals surface area contributed by atoms with Crippen LogP contribution in [0.5, 0.6) is 0 Å². The van der Waals surface area contributed by atoms with Crippen LogP contribution >= 0.6 is 0 Å². The highest BCUT2D eigenvalue weighted by Crippen LogP contribution is 2.55. The van der Waals surface area contributed by atoms with Crippen molar-refractivity contribution in [3.8, 4) is 0 Å². The molecule has 0 aliphatic heterocycles. The molecule has 0 rings (SSSR count). The van der Waals surface area contributed by atoms with E-state index in [4.69, 9.17) is 66.2 Å². The second-order valence-electron chi connectivity index (χ2n) is 18.5. The summed E-state index contributed by atoms with van der Waals surface area (Å²) in [5.41, 5.74) is 0. The first-order valence-corrected chi connectivity index (χ1v) is 107. The fourth-order valence-electron chi connectivity index (χ4n) is 8.53. The van der Waals surface area contributed by atoms with E-state index in [1.165, 1.54) is 32.7 Å². The van der Waals surface area contributed by atoms with E-state index in [0.29, 0.717) is 0 Å². The van der Waals surface area contributed by atoms with Crippen LogP contribution in [0.4, 0.5) is 0 Å². The normalized spacial score (nSPS) is 17.4.